The number of anilines is 1. The molecule has 0 aromatic heterocycles. The highest BCUT2D eigenvalue weighted by Gasteiger charge is 2.21. The molecule has 0 unspecified atom stereocenters. The zero-order valence-electron chi connectivity index (χ0n) is 10.9. The van der Waals surface area contributed by atoms with Crippen LogP contribution in [0.1, 0.15) is 19.3 Å². The molecule has 1 amide bonds. The number of fused-ring (bicyclic) bond motifs is 1. The molecule has 0 bridgehead atoms. The lowest BCUT2D eigenvalue weighted by atomic mass is 10.1. The minimum Gasteiger partial charge on any atom is -0.454 e. The monoisotopic (exact) mass is 263 g/mol. The van der Waals surface area contributed by atoms with Crippen molar-refractivity contribution in [3.8, 4) is 11.5 Å². The Bertz CT molecular complexity index is 470. The molecule has 5 heteroatoms. The molecule has 0 saturated carbocycles. The second-order valence-electron chi connectivity index (χ2n) is 5.07. The first kappa shape index (κ1) is 12.3. The summed E-state index contributed by atoms with van der Waals surface area (Å²) in [7, 11) is 0. The molecule has 1 aromatic carbocycles. The predicted molar refractivity (Wildman–Crippen MR) is 70.6 cm³/mol. The van der Waals surface area contributed by atoms with Crippen molar-refractivity contribution in [3.05, 3.63) is 18.2 Å². The Kier molecular flexibility index (Phi) is 3.55. The molecule has 19 heavy (non-hydrogen) atoms. The summed E-state index contributed by atoms with van der Waals surface area (Å²) in [5, 5.41) is 2.92. The van der Waals surface area contributed by atoms with E-state index in [1.54, 1.807) is 0 Å². The van der Waals surface area contributed by atoms with Crippen molar-refractivity contribution in [3.63, 3.8) is 0 Å². The standard InChI is InChI=1S/C14H18N2O3/c17-13(9-16-7-2-1-3-8-16)15-11-5-4-6-12-14(11)19-10-18-12/h4-6H,1-3,7-10H2,(H,15,17)/p+1. The molecule has 1 aromatic rings. The van der Waals surface area contributed by atoms with Gasteiger partial charge < -0.3 is 19.7 Å². The van der Waals surface area contributed by atoms with Crippen molar-refractivity contribution >= 4 is 11.6 Å². The number of carbonyl (C=O) groups is 1. The van der Waals surface area contributed by atoms with E-state index in [9.17, 15) is 4.79 Å². The average molecular weight is 263 g/mol. The van der Waals surface area contributed by atoms with Crippen molar-refractivity contribution in [1.29, 1.82) is 0 Å². The average Bonchev–Trinajstić information content (AvgIpc) is 2.89. The van der Waals surface area contributed by atoms with Gasteiger partial charge in [-0.05, 0) is 31.4 Å². The number of ether oxygens (including phenoxy) is 2. The maximum absolute atomic E-state index is 12.1. The molecule has 1 fully saturated rings. The van der Waals surface area contributed by atoms with Gasteiger partial charge in [-0.3, -0.25) is 4.79 Å². The number of quaternary nitrogens is 1. The van der Waals surface area contributed by atoms with Crippen molar-refractivity contribution in [2.24, 2.45) is 0 Å². The van der Waals surface area contributed by atoms with Gasteiger partial charge in [0, 0.05) is 0 Å². The van der Waals surface area contributed by atoms with Crippen LogP contribution >= 0.6 is 0 Å². The fourth-order valence-corrected chi connectivity index (χ4v) is 2.68. The number of carbonyl (C=O) groups excluding carboxylic acids is 1. The second kappa shape index (κ2) is 5.48. The van der Waals surface area contributed by atoms with E-state index in [2.05, 4.69) is 5.32 Å². The Morgan fingerprint density at radius 1 is 1.21 bits per heavy atom. The van der Waals surface area contributed by atoms with Gasteiger partial charge >= 0.3 is 0 Å². The molecule has 3 rings (SSSR count). The largest absolute Gasteiger partial charge is 0.454 e. The van der Waals surface area contributed by atoms with Gasteiger partial charge in [0.05, 0.1) is 18.8 Å². The molecule has 5 nitrogen and oxygen atoms in total. The molecule has 2 N–H and O–H groups in total. The Labute approximate surface area is 112 Å². The first-order valence-electron chi connectivity index (χ1n) is 6.85. The molecule has 0 atom stereocenters. The van der Waals surface area contributed by atoms with Gasteiger partial charge in [0.15, 0.2) is 18.0 Å². The Balaban J connectivity index is 1.61. The number of amides is 1. The number of nitrogens with one attached hydrogen (secondary N) is 2. The van der Waals surface area contributed by atoms with Crippen LogP contribution in [0.15, 0.2) is 18.2 Å². The summed E-state index contributed by atoms with van der Waals surface area (Å²) < 4.78 is 10.7. The molecule has 2 aliphatic rings. The van der Waals surface area contributed by atoms with Crippen LogP contribution in [-0.2, 0) is 4.79 Å². The van der Waals surface area contributed by atoms with E-state index in [0.29, 0.717) is 23.7 Å². The van der Waals surface area contributed by atoms with Crippen molar-refractivity contribution in [2.45, 2.75) is 19.3 Å². The maximum atomic E-state index is 12.1. The molecule has 2 aliphatic heterocycles. The van der Waals surface area contributed by atoms with Crippen LogP contribution < -0.4 is 19.7 Å². The highest BCUT2D eigenvalue weighted by molar-refractivity contribution is 5.93. The smallest absolute Gasteiger partial charge is 0.279 e. The van der Waals surface area contributed by atoms with Crippen LogP contribution in [0, 0.1) is 0 Å². The number of piperidine rings is 1. The van der Waals surface area contributed by atoms with E-state index >= 15 is 0 Å². The van der Waals surface area contributed by atoms with Gasteiger partial charge in [-0.15, -0.1) is 0 Å². The van der Waals surface area contributed by atoms with Gasteiger partial charge in [-0.1, -0.05) is 6.07 Å². The minimum absolute atomic E-state index is 0.0424. The summed E-state index contributed by atoms with van der Waals surface area (Å²) in [6, 6.07) is 5.54. The maximum Gasteiger partial charge on any atom is 0.279 e. The predicted octanol–water partition coefficient (Wildman–Crippen LogP) is 0.423. The first-order valence-corrected chi connectivity index (χ1v) is 6.85. The number of hydrogen-bond donors (Lipinski definition) is 2. The Hall–Kier alpha value is -1.75. The molecule has 0 spiro atoms. The molecule has 1 saturated heterocycles. The summed E-state index contributed by atoms with van der Waals surface area (Å²) in [6.45, 7) is 2.95. The van der Waals surface area contributed by atoms with Gasteiger partial charge in [-0.25, -0.2) is 0 Å². The van der Waals surface area contributed by atoms with Crippen LogP contribution in [0.2, 0.25) is 0 Å². The highest BCUT2D eigenvalue weighted by atomic mass is 16.7. The fraction of sp³-hybridized carbons (Fsp3) is 0.500. The number of rotatable bonds is 3. The third-order valence-corrected chi connectivity index (χ3v) is 3.64. The van der Waals surface area contributed by atoms with Crippen molar-refractivity contribution in [1.82, 2.24) is 0 Å². The minimum atomic E-state index is 0.0424. The number of para-hydroxylation sites is 1. The highest BCUT2D eigenvalue weighted by Crippen LogP contribution is 2.38. The van der Waals surface area contributed by atoms with Crippen LogP contribution in [0.4, 0.5) is 5.69 Å². The summed E-state index contributed by atoms with van der Waals surface area (Å²) in [4.78, 5) is 13.4. The molecular weight excluding hydrogens is 244 g/mol. The third-order valence-electron chi connectivity index (χ3n) is 3.64. The zero-order valence-corrected chi connectivity index (χ0v) is 10.9. The summed E-state index contributed by atoms with van der Waals surface area (Å²) >= 11 is 0. The number of likely N-dealkylation sites (tertiary alicyclic amines) is 1. The van der Waals surface area contributed by atoms with E-state index in [-0.39, 0.29) is 12.7 Å². The lowest BCUT2D eigenvalue weighted by Gasteiger charge is -2.22. The summed E-state index contributed by atoms with van der Waals surface area (Å²) in [5.74, 6) is 1.38. The third kappa shape index (κ3) is 2.81. The number of benzene rings is 1. The van der Waals surface area contributed by atoms with Crippen LogP contribution in [-0.4, -0.2) is 32.3 Å². The van der Waals surface area contributed by atoms with Crippen LogP contribution in [0.3, 0.4) is 0 Å². The van der Waals surface area contributed by atoms with Crippen molar-refractivity contribution < 1.29 is 19.2 Å². The quantitative estimate of drug-likeness (QED) is 0.831. The van der Waals surface area contributed by atoms with Gasteiger partial charge in [0.25, 0.3) is 5.91 Å². The van der Waals surface area contributed by atoms with Crippen LogP contribution in [0.5, 0.6) is 11.5 Å². The Morgan fingerprint density at radius 2 is 2.05 bits per heavy atom. The normalized spacial score (nSPS) is 18.3. The summed E-state index contributed by atoms with van der Waals surface area (Å²) in [5.41, 5.74) is 0.705. The van der Waals surface area contributed by atoms with Gasteiger partial charge in [0.2, 0.25) is 6.79 Å². The van der Waals surface area contributed by atoms with Gasteiger partial charge in [0.1, 0.15) is 0 Å². The SMILES string of the molecule is O=C(C[NH+]1CCCCC1)Nc1cccc2c1OCO2. The second-order valence-corrected chi connectivity index (χ2v) is 5.07. The molecule has 0 radical (unpaired) electrons. The molecule has 0 aliphatic carbocycles. The number of hydrogen-bond acceptors (Lipinski definition) is 3. The first-order chi connectivity index (χ1) is 9.33. The lowest BCUT2D eigenvalue weighted by molar-refractivity contribution is -0.896. The van der Waals surface area contributed by atoms with E-state index in [1.807, 2.05) is 18.2 Å². The van der Waals surface area contributed by atoms with E-state index in [0.717, 1.165) is 13.1 Å². The van der Waals surface area contributed by atoms with Gasteiger partial charge in [-0.2, -0.15) is 0 Å². The zero-order chi connectivity index (χ0) is 13.1. The fourth-order valence-electron chi connectivity index (χ4n) is 2.68. The Morgan fingerprint density at radius 3 is 2.89 bits per heavy atom. The lowest BCUT2D eigenvalue weighted by Crippen LogP contribution is -3.13. The molecular formula is C14H19N2O3+. The van der Waals surface area contributed by atoms with E-state index < -0.39 is 0 Å². The molecule has 102 valence electrons. The molecule has 2 heterocycles. The van der Waals surface area contributed by atoms with Crippen molar-refractivity contribution in [2.75, 3.05) is 31.7 Å². The van der Waals surface area contributed by atoms with Crippen LogP contribution in [0.25, 0.3) is 0 Å². The van der Waals surface area contributed by atoms with E-state index in [1.165, 1.54) is 24.2 Å². The summed E-state index contributed by atoms with van der Waals surface area (Å²) in [6.07, 6.45) is 3.74. The van der Waals surface area contributed by atoms with E-state index in [4.69, 9.17) is 9.47 Å². The topological polar surface area (TPSA) is 52.0 Å².